The van der Waals surface area contributed by atoms with Crippen molar-refractivity contribution in [3.8, 4) is 0 Å². The van der Waals surface area contributed by atoms with Crippen LogP contribution in [0.3, 0.4) is 0 Å². The highest BCUT2D eigenvalue weighted by molar-refractivity contribution is 7.73. The van der Waals surface area contributed by atoms with Crippen molar-refractivity contribution in [1.29, 1.82) is 0 Å². The first-order valence-electron chi connectivity index (χ1n) is 10.0. The zero-order valence-corrected chi connectivity index (χ0v) is 22.1. The minimum absolute atomic E-state index is 0.276. The summed E-state index contributed by atoms with van der Waals surface area (Å²) < 4.78 is 2.70. The van der Waals surface area contributed by atoms with Crippen LogP contribution in [0.4, 0.5) is 0 Å². The molecule has 0 unspecified atom stereocenters. The third kappa shape index (κ3) is 8.90. The van der Waals surface area contributed by atoms with E-state index in [0.717, 1.165) is 25.1 Å². The van der Waals surface area contributed by atoms with Crippen LogP contribution in [0.25, 0.3) is 0 Å². The Morgan fingerprint density at radius 2 is 1.18 bits per heavy atom. The summed E-state index contributed by atoms with van der Waals surface area (Å²) in [7, 11) is -2.54. The van der Waals surface area contributed by atoms with Gasteiger partial charge >= 0.3 is 0 Å². The minimum atomic E-state index is -1.13. The molecule has 2 nitrogen and oxygen atoms in total. The summed E-state index contributed by atoms with van der Waals surface area (Å²) in [4.78, 5) is 0. The maximum atomic E-state index is 5.81. The first-order valence-corrected chi connectivity index (χ1v) is 19.0. The topological polar surface area (TPSA) is 29.3 Å². The van der Waals surface area contributed by atoms with Gasteiger partial charge in [0, 0.05) is 5.88 Å². The Balaban J connectivity index is 0.000000295. The molecule has 2 rings (SSSR count). The summed E-state index contributed by atoms with van der Waals surface area (Å²) in [6.45, 7) is 16.2. The van der Waals surface area contributed by atoms with Crippen LogP contribution in [-0.4, -0.2) is 45.8 Å². The number of rotatable bonds is 8. The van der Waals surface area contributed by atoms with Gasteiger partial charge in [0.2, 0.25) is 0 Å². The predicted octanol–water partition coefficient (Wildman–Crippen LogP) is 5.28. The maximum Gasteiger partial charge on any atom is 0.112 e. The van der Waals surface area contributed by atoms with Gasteiger partial charge in [0.25, 0.3) is 0 Å². The van der Waals surface area contributed by atoms with Gasteiger partial charge in [-0.05, 0) is 37.8 Å². The predicted molar refractivity (Wildman–Crippen MR) is 137 cm³/mol. The second kappa shape index (κ2) is 12.3. The number of alkyl halides is 1. The van der Waals surface area contributed by atoms with E-state index in [9.17, 15) is 0 Å². The molecule has 0 aliphatic carbocycles. The monoisotopic (exact) mass is 452 g/mol. The number of halogens is 1. The normalized spacial score (nSPS) is 12.1. The van der Waals surface area contributed by atoms with E-state index in [2.05, 4.69) is 104 Å². The lowest BCUT2D eigenvalue weighted by Crippen LogP contribution is -2.59. The Labute approximate surface area is 181 Å². The van der Waals surface area contributed by atoms with Crippen molar-refractivity contribution in [2.45, 2.75) is 39.3 Å². The molecule has 2 aromatic carbocycles. The van der Waals surface area contributed by atoms with Crippen molar-refractivity contribution in [2.75, 3.05) is 25.1 Å². The molecule has 0 atom stereocenters. The number of nitrogens with two attached hydrogens (primary N) is 1. The first kappa shape index (κ1) is 25.6. The molecular weight excluding hydrogens is 415 g/mol. The smallest absolute Gasteiger partial charge is 0.112 e. The molecule has 0 heterocycles. The van der Waals surface area contributed by atoms with Gasteiger partial charge in [0.15, 0.2) is 0 Å². The highest BCUT2D eigenvalue weighted by atomic mass is 35.5. The van der Waals surface area contributed by atoms with Crippen LogP contribution < -0.4 is 16.3 Å². The molecule has 0 fully saturated rings. The van der Waals surface area contributed by atoms with Crippen molar-refractivity contribution in [3.63, 3.8) is 0 Å². The molecule has 2 aromatic rings. The van der Waals surface area contributed by atoms with Gasteiger partial charge in [-0.15, -0.1) is 11.6 Å². The van der Waals surface area contributed by atoms with Gasteiger partial charge in [-0.2, -0.15) is 0 Å². The first-order chi connectivity index (χ1) is 13.1. The van der Waals surface area contributed by atoms with Gasteiger partial charge in [-0.3, -0.25) is 0 Å². The second-order valence-corrected chi connectivity index (χ2v) is 21.7. The average molecular weight is 453 g/mol. The van der Waals surface area contributed by atoms with Gasteiger partial charge in [0.05, 0.1) is 0 Å². The lowest BCUT2D eigenvalue weighted by molar-refractivity contribution is 0.655. The molecule has 0 aliphatic rings. The van der Waals surface area contributed by atoms with E-state index in [0.29, 0.717) is 0 Å². The van der Waals surface area contributed by atoms with E-state index < -0.39 is 16.5 Å². The molecule has 0 saturated heterocycles. The third-order valence-electron chi connectivity index (χ3n) is 4.42. The van der Waals surface area contributed by atoms with Gasteiger partial charge in [0.1, 0.15) is 16.5 Å². The van der Waals surface area contributed by atoms with Crippen molar-refractivity contribution >= 4 is 46.6 Å². The van der Waals surface area contributed by atoms with Crippen LogP contribution >= 0.6 is 19.5 Å². The molecular formula is C22H38ClN2PSi2. The molecule has 2 N–H and O–H groups in total. The zero-order valence-electron chi connectivity index (χ0n) is 18.5. The molecule has 0 spiro atoms. The van der Waals surface area contributed by atoms with E-state index in [1.54, 1.807) is 0 Å². The SMILES string of the molecule is C[Si](C)(C)N(CCCl)[Si](C)(C)C.NCCP(c1ccccc1)c1ccccc1. The number of benzene rings is 2. The summed E-state index contributed by atoms with van der Waals surface area (Å²) in [5.74, 6) is 0.772. The van der Waals surface area contributed by atoms with E-state index in [4.69, 9.17) is 17.3 Å². The second-order valence-electron chi connectivity index (χ2n) is 8.79. The molecule has 0 aliphatic heterocycles. The molecule has 6 heteroatoms. The van der Waals surface area contributed by atoms with Crippen molar-refractivity contribution in [1.82, 2.24) is 4.23 Å². The lowest BCUT2D eigenvalue weighted by Gasteiger charge is -2.43. The molecule has 28 heavy (non-hydrogen) atoms. The fraction of sp³-hybridized carbons (Fsp3) is 0.455. The summed E-state index contributed by atoms with van der Waals surface area (Å²) >= 11 is 5.81. The largest absolute Gasteiger partial charge is 0.345 e. The summed E-state index contributed by atoms with van der Waals surface area (Å²) in [5, 5.41) is 2.82. The standard InChI is InChI=1S/C14H16NP.C8H22ClNSi2/c15-11-12-16(13-7-3-1-4-8-13)14-9-5-2-6-10-14;1-11(2,3)10(8-7-9)12(4,5)6/h1-10H,11-12,15H2;7-8H2,1-6H3. The highest BCUT2D eigenvalue weighted by Gasteiger charge is 2.33. The van der Waals surface area contributed by atoms with Crippen molar-refractivity contribution in [2.24, 2.45) is 5.73 Å². The molecule has 0 bridgehead atoms. The van der Waals surface area contributed by atoms with Crippen molar-refractivity contribution in [3.05, 3.63) is 60.7 Å². The Morgan fingerprint density at radius 1 is 0.786 bits per heavy atom. The van der Waals surface area contributed by atoms with Gasteiger partial charge < -0.3 is 9.96 Å². The average Bonchev–Trinajstić information content (AvgIpc) is 2.64. The quantitative estimate of drug-likeness (QED) is 0.335. The van der Waals surface area contributed by atoms with Crippen LogP contribution in [-0.2, 0) is 0 Å². The van der Waals surface area contributed by atoms with Crippen LogP contribution in [0.2, 0.25) is 39.3 Å². The summed E-state index contributed by atoms with van der Waals surface area (Å²) in [5.41, 5.74) is 5.72. The molecule has 0 aromatic heterocycles. The van der Waals surface area contributed by atoms with E-state index in [-0.39, 0.29) is 7.92 Å². The summed E-state index contributed by atoms with van der Waals surface area (Å²) in [6, 6.07) is 21.3. The van der Waals surface area contributed by atoms with Crippen LogP contribution in [0.5, 0.6) is 0 Å². The van der Waals surface area contributed by atoms with Crippen LogP contribution in [0, 0.1) is 0 Å². The van der Waals surface area contributed by atoms with Crippen LogP contribution in [0.1, 0.15) is 0 Å². The molecule has 0 amide bonds. The van der Waals surface area contributed by atoms with Crippen molar-refractivity contribution < 1.29 is 0 Å². The van der Waals surface area contributed by atoms with Gasteiger partial charge in [-0.1, -0.05) is 99.9 Å². The Kier molecular flexibility index (Phi) is 11.2. The number of hydrogen-bond acceptors (Lipinski definition) is 2. The van der Waals surface area contributed by atoms with E-state index >= 15 is 0 Å². The fourth-order valence-corrected chi connectivity index (χ4v) is 15.7. The van der Waals surface area contributed by atoms with Crippen LogP contribution in [0.15, 0.2) is 60.7 Å². The van der Waals surface area contributed by atoms with E-state index in [1.807, 2.05) is 0 Å². The number of nitrogens with zero attached hydrogens (tertiary/aromatic N) is 1. The van der Waals surface area contributed by atoms with Gasteiger partial charge in [-0.25, -0.2) is 0 Å². The highest BCUT2D eigenvalue weighted by Crippen LogP contribution is 2.32. The zero-order chi connectivity index (χ0) is 21.2. The number of hydrogen-bond donors (Lipinski definition) is 1. The molecule has 156 valence electrons. The Morgan fingerprint density at radius 3 is 1.43 bits per heavy atom. The minimum Gasteiger partial charge on any atom is -0.345 e. The molecule has 0 radical (unpaired) electrons. The summed E-state index contributed by atoms with van der Waals surface area (Å²) in [6.07, 6.45) is 1.06. The maximum absolute atomic E-state index is 5.81. The Bertz CT molecular complexity index is 604. The lowest BCUT2D eigenvalue weighted by atomic mass is 10.4. The fourth-order valence-electron chi connectivity index (χ4n) is 3.51. The third-order valence-corrected chi connectivity index (χ3v) is 14.8. The Hall–Kier alpha value is -0.486. The van der Waals surface area contributed by atoms with E-state index in [1.165, 1.54) is 10.6 Å². The molecule has 0 saturated carbocycles.